The van der Waals surface area contributed by atoms with Gasteiger partial charge in [-0.15, -0.1) is 0 Å². The van der Waals surface area contributed by atoms with E-state index < -0.39 is 23.3 Å². The Morgan fingerprint density at radius 1 is 1.06 bits per heavy atom. The van der Waals surface area contributed by atoms with Gasteiger partial charge in [0.2, 0.25) is 11.8 Å². The van der Waals surface area contributed by atoms with Crippen molar-refractivity contribution < 1.29 is 14.4 Å². The van der Waals surface area contributed by atoms with Crippen LogP contribution in [-0.4, -0.2) is 17.8 Å². The molecule has 0 aromatic heterocycles. The third-order valence-electron chi connectivity index (χ3n) is 3.32. The van der Waals surface area contributed by atoms with Crippen molar-refractivity contribution in [1.82, 2.24) is 10.6 Å². The van der Waals surface area contributed by atoms with Crippen molar-refractivity contribution in [2.45, 2.75) is 27.7 Å². The van der Waals surface area contributed by atoms with Crippen LogP contribution in [0.2, 0.25) is 0 Å². The van der Waals surface area contributed by atoms with Crippen LogP contribution in [0.4, 0.5) is 4.79 Å². The van der Waals surface area contributed by atoms with Crippen LogP contribution in [0.25, 0.3) is 0 Å². The zero-order chi connectivity index (χ0) is 13.2. The minimum Gasteiger partial charge on any atom is -0.277 e. The van der Waals surface area contributed by atoms with Gasteiger partial charge in [-0.3, -0.25) is 20.2 Å². The van der Waals surface area contributed by atoms with Crippen molar-refractivity contribution in [1.29, 1.82) is 0 Å². The highest BCUT2D eigenvalue weighted by Crippen LogP contribution is 2.38. The summed E-state index contributed by atoms with van der Waals surface area (Å²) in [5, 5.41) is 4.36. The van der Waals surface area contributed by atoms with Gasteiger partial charge in [0.05, 0.1) is 0 Å². The summed E-state index contributed by atoms with van der Waals surface area (Å²) in [5.74, 6) is -1.53. The first kappa shape index (κ1) is 13.4. The van der Waals surface area contributed by atoms with E-state index in [-0.39, 0.29) is 11.8 Å². The first-order valence-electron chi connectivity index (χ1n) is 5.67. The van der Waals surface area contributed by atoms with Gasteiger partial charge >= 0.3 is 6.03 Å². The van der Waals surface area contributed by atoms with E-state index in [1.54, 1.807) is 32.9 Å². The monoisotopic (exact) mass is 238 g/mol. The number of barbiturate groups is 1. The molecule has 0 bridgehead atoms. The van der Waals surface area contributed by atoms with E-state index in [0.29, 0.717) is 0 Å². The van der Waals surface area contributed by atoms with E-state index in [1.165, 1.54) is 0 Å². The van der Waals surface area contributed by atoms with Gasteiger partial charge in [-0.2, -0.15) is 0 Å². The smallest absolute Gasteiger partial charge is 0.277 e. The molecule has 0 saturated carbocycles. The average molecular weight is 238 g/mol. The number of nitrogens with one attached hydrogen (secondary N) is 2. The number of urea groups is 1. The lowest BCUT2D eigenvalue weighted by Crippen LogP contribution is -2.66. The van der Waals surface area contributed by atoms with E-state index in [2.05, 4.69) is 10.6 Å². The zero-order valence-corrected chi connectivity index (χ0v) is 10.5. The molecule has 0 aromatic carbocycles. The molecule has 1 heterocycles. The first-order valence-corrected chi connectivity index (χ1v) is 5.67. The Labute approximate surface area is 101 Å². The Morgan fingerprint density at radius 2 is 1.53 bits per heavy atom. The number of amides is 4. The van der Waals surface area contributed by atoms with Crippen LogP contribution in [0, 0.1) is 17.3 Å². The highest BCUT2D eigenvalue weighted by Gasteiger charge is 2.55. The molecule has 94 valence electrons. The summed E-state index contributed by atoms with van der Waals surface area (Å²) in [4.78, 5) is 35.2. The first-order chi connectivity index (χ1) is 7.87. The lowest BCUT2D eigenvalue weighted by atomic mass is 9.66. The average Bonchev–Trinajstić information content (AvgIpc) is 2.16. The maximum Gasteiger partial charge on any atom is 0.328 e. The quantitative estimate of drug-likeness (QED) is 0.573. The Kier molecular flexibility index (Phi) is 3.70. The topological polar surface area (TPSA) is 75.3 Å². The summed E-state index contributed by atoms with van der Waals surface area (Å²) in [7, 11) is 0. The Hall–Kier alpha value is -1.65. The molecule has 2 N–H and O–H groups in total. The number of rotatable bonds is 3. The van der Waals surface area contributed by atoms with Crippen molar-refractivity contribution in [3.05, 3.63) is 12.2 Å². The fourth-order valence-corrected chi connectivity index (χ4v) is 2.45. The molecule has 1 rings (SSSR count). The largest absolute Gasteiger partial charge is 0.328 e. The maximum absolute atomic E-state index is 12.1. The summed E-state index contributed by atoms with van der Waals surface area (Å²) < 4.78 is 0. The highest BCUT2D eigenvalue weighted by atomic mass is 16.2. The van der Waals surface area contributed by atoms with Crippen LogP contribution < -0.4 is 10.6 Å². The molecule has 1 saturated heterocycles. The molecule has 0 radical (unpaired) electrons. The van der Waals surface area contributed by atoms with Crippen LogP contribution in [0.1, 0.15) is 27.7 Å². The Balaban J connectivity index is 3.27. The third-order valence-corrected chi connectivity index (χ3v) is 3.32. The normalized spacial score (nSPS) is 21.6. The van der Waals surface area contributed by atoms with Crippen LogP contribution >= 0.6 is 0 Å². The van der Waals surface area contributed by atoms with Crippen molar-refractivity contribution in [2.75, 3.05) is 0 Å². The molecule has 1 aliphatic rings. The minimum absolute atomic E-state index is 0.207. The van der Waals surface area contributed by atoms with Crippen LogP contribution in [0.5, 0.6) is 0 Å². The lowest BCUT2D eigenvalue weighted by Gasteiger charge is -2.40. The molecule has 4 amide bonds. The number of carbonyl (C=O) groups excluding carboxylic acids is 3. The fourth-order valence-electron chi connectivity index (χ4n) is 2.45. The van der Waals surface area contributed by atoms with Gasteiger partial charge in [-0.25, -0.2) is 4.79 Å². The number of imide groups is 2. The number of carbonyl (C=O) groups is 3. The standard InChI is InChI=1S/C12H18N2O3/c1-5-6-8(4)12(7(2)3)9(15)13-11(17)14-10(12)16/h5-8H,1-4H3,(H2,13,14,15,16,17)/b6-5+. The van der Waals surface area contributed by atoms with Gasteiger partial charge in [-0.1, -0.05) is 32.9 Å². The van der Waals surface area contributed by atoms with Crippen molar-refractivity contribution in [3.63, 3.8) is 0 Å². The van der Waals surface area contributed by atoms with Gasteiger partial charge in [0.15, 0.2) is 0 Å². The van der Waals surface area contributed by atoms with E-state index in [9.17, 15) is 14.4 Å². The molecular formula is C12H18N2O3. The van der Waals surface area contributed by atoms with E-state index >= 15 is 0 Å². The van der Waals surface area contributed by atoms with E-state index in [4.69, 9.17) is 0 Å². The van der Waals surface area contributed by atoms with Gasteiger partial charge in [0.25, 0.3) is 0 Å². The van der Waals surface area contributed by atoms with Crippen LogP contribution in [0.3, 0.4) is 0 Å². The molecular weight excluding hydrogens is 220 g/mol. The molecule has 1 unspecified atom stereocenters. The summed E-state index contributed by atoms with van der Waals surface area (Å²) in [6.45, 7) is 7.23. The van der Waals surface area contributed by atoms with Gasteiger partial charge in [0, 0.05) is 0 Å². The molecule has 0 spiro atoms. The van der Waals surface area contributed by atoms with Gasteiger partial charge in [0.1, 0.15) is 5.41 Å². The molecule has 1 fully saturated rings. The van der Waals surface area contributed by atoms with Crippen molar-refractivity contribution >= 4 is 17.8 Å². The maximum atomic E-state index is 12.1. The Bertz CT molecular complexity index is 365. The SMILES string of the molecule is C/C=C/C(C)C1(C(C)C)C(=O)NC(=O)NC1=O. The van der Waals surface area contributed by atoms with E-state index in [0.717, 1.165) is 0 Å². The molecule has 5 nitrogen and oxygen atoms in total. The Morgan fingerprint density at radius 3 is 1.88 bits per heavy atom. The second kappa shape index (κ2) is 4.69. The van der Waals surface area contributed by atoms with Gasteiger partial charge < -0.3 is 0 Å². The summed E-state index contributed by atoms with van der Waals surface area (Å²) in [6, 6.07) is -0.746. The van der Waals surface area contributed by atoms with Crippen molar-refractivity contribution in [2.24, 2.45) is 17.3 Å². The predicted octanol–water partition coefficient (Wildman–Crippen LogP) is 1.21. The molecule has 1 aliphatic heterocycles. The van der Waals surface area contributed by atoms with Crippen LogP contribution in [0.15, 0.2) is 12.2 Å². The molecule has 1 atom stereocenters. The van der Waals surface area contributed by atoms with E-state index in [1.807, 2.05) is 6.92 Å². The summed E-state index contributed by atoms with van der Waals surface area (Å²) in [5.41, 5.74) is -1.22. The molecule has 0 aromatic rings. The zero-order valence-electron chi connectivity index (χ0n) is 10.5. The minimum atomic E-state index is -1.22. The summed E-state index contributed by atoms with van der Waals surface area (Å²) >= 11 is 0. The second-order valence-electron chi connectivity index (χ2n) is 4.58. The van der Waals surface area contributed by atoms with Gasteiger partial charge in [-0.05, 0) is 18.8 Å². The number of allylic oxidation sites excluding steroid dienone is 2. The predicted molar refractivity (Wildman–Crippen MR) is 62.9 cm³/mol. The van der Waals surface area contributed by atoms with Crippen molar-refractivity contribution in [3.8, 4) is 0 Å². The number of hydrogen-bond donors (Lipinski definition) is 2. The molecule has 5 heteroatoms. The lowest BCUT2D eigenvalue weighted by molar-refractivity contribution is -0.150. The number of hydrogen-bond acceptors (Lipinski definition) is 3. The fraction of sp³-hybridized carbons (Fsp3) is 0.583. The second-order valence-corrected chi connectivity index (χ2v) is 4.58. The summed E-state index contributed by atoms with van der Waals surface area (Å²) in [6.07, 6.45) is 3.60. The highest BCUT2D eigenvalue weighted by molar-refractivity contribution is 6.19. The third kappa shape index (κ3) is 1.97. The molecule has 0 aliphatic carbocycles. The molecule has 17 heavy (non-hydrogen) atoms. The van der Waals surface area contributed by atoms with Crippen LogP contribution in [-0.2, 0) is 9.59 Å².